The van der Waals surface area contributed by atoms with Gasteiger partial charge in [0, 0.05) is 18.9 Å². The van der Waals surface area contributed by atoms with Crippen LogP contribution in [0.3, 0.4) is 0 Å². The van der Waals surface area contributed by atoms with Gasteiger partial charge in [0.05, 0.1) is 39.0 Å². The second-order valence-electron chi connectivity index (χ2n) is 5.06. The highest BCUT2D eigenvalue weighted by molar-refractivity contribution is 7.22. The van der Waals surface area contributed by atoms with Crippen LogP contribution in [0.2, 0.25) is 0 Å². The predicted molar refractivity (Wildman–Crippen MR) is 91.5 cm³/mol. The van der Waals surface area contributed by atoms with E-state index in [1.54, 1.807) is 11.3 Å². The molecule has 0 spiro atoms. The summed E-state index contributed by atoms with van der Waals surface area (Å²) in [5.41, 5.74) is 4.26. The number of aryl methyl sites for hydroxylation is 1. The van der Waals surface area contributed by atoms with Crippen LogP contribution in [0.5, 0.6) is 0 Å². The van der Waals surface area contributed by atoms with Gasteiger partial charge in [0.25, 0.3) is 0 Å². The number of benzene rings is 1. The van der Waals surface area contributed by atoms with Gasteiger partial charge in [-0.1, -0.05) is 18.2 Å². The van der Waals surface area contributed by atoms with E-state index in [0.29, 0.717) is 0 Å². The van der Waals surface area contributed by atoms with E-state index in [0.717, 1.165) is 27.3 Å². The minimum Gasteiger partial charge on any atom is -0.354 e. The summed E-state index contributed by atoms with van der Waals surface area (Å²) in [6.45, 7) is 0. The maximum Gasteiger partial charge on any atom is 0.0948 e. The molecule has 1 aromatic carbocycles. The first-order valence-electron chi connectivity index (χ1n) is 6.98. The summed E-state index contributed by atoms with van der Waals surface area (Å²) in [7, 11) is 2.00. The monoisotopic (exact) mass is 306 g/mol. The molecule has 5 heteroatoms. The molecule has 0 unspecified atom stereocenters. The third-order valence-electron chi connectivity index (χ3n) is 3.53. The Hall–Kier alpha value is -2.66. The van der Waals surface area contributed by atoms with Gasteiger partial charge >= 0.3 is 0 Å². The zero-order chi connectivity index (χ0) is 14.9. The molecule has 22 heavy (non-hydrogen) atoms. The van der Waals surface area contributed by atoms with E-state index in [-0.39, 0.29) is 0 Å². The van der Waals surface area contributed by atoms with Gasteiger partial charge in [-0.05, 0) is 24.3 Å². The normalized spacial score (nSPS) is 11.0. The minimum absolute atomic E-state index is 1.00. The van der Waals surface area contributed by atoms with Gasteiger partial charge in [-0.2, -0.15) is 0 Å². The van der Waals surface area contributed by atoms with E-state index in [2.05, 4.69) is 33.5 Å². The van der Waals surface area contributed by atoms with Crippen molar-refractivity contribution in [2.24, 2.45) is 7.05 Å². The molecule has 0 atom stereocenters. The number of nitrogens with zero attached hydrogens (tertiary/aromatic N) is 3. The Bertz CT molecular complexity index is 924. The van der Waals surface area contributed by atoms with E-state index < -0.39 is 0 Å². The van der Waals surface area contributed by atoms with Gasteiger partial charge in [-0.25, -0.2) is 4.98 Å². The molecule has 1 N–H and O–H groups in total. The molecular weight excluding hydrogens is 292 g/mol. The van der Waals surface area contributed by atoms with E-state index in [9.17, 15) is 0 Å². The fourth-order valence-corrected chi connectivity index (χ4v) is 3.57. The van der Waals surface area contributed by atoms with Gasteiger partial charge in [0.2, 0.25) is 0 Å². The van der Waals surface area contributed by atoms with Crippen LogP contribution in [-0.2, 0) is 7.05 Å². The Morgan fingerprint density at radius 2 is 2.00 bits per heavy atom. The number of rotatable bonds is 3. The lowest BCUT2D eigenvalue weighted by molar-refractivity contribution is 0.923. The maximum absolute atomic E-state index is 4.48. The number of fused-ring (bicyclic) bond motifs is 1. The largest absolute Gasteiger partial charge is 0.354 e. The fourth-order valence-electron chi connectivity index (χ4n) is 2.43. The third-order valence-corrected chi connectivity index (χ3v) is 4.71. The molecule has 0 saturated carbocycles. The van der Waals surface area contributed by atoms with Crippen molar-refractivity contribution in [1.82, 2.24) is 14.5 Å². The number of hydrogen-bond donors (Lipinski definition) is 1. The summed E-state index contributed by atoms with van der Waals surface area (Å²) in [5.74, 6) is 0. The molecular formula is C17H14N4S. The molecule has 0 amide bonds. The number of anilines is 2. The van der Waals surface area contributed by atoms with Crippen LogP contribution in [0.4, 0.5) is 11.4 Å². The Morgan fingerprint density at radius 1 is 1.14 bits per heavy atom. The Balaban J connectivity index is 1.80. The zero-order valence-corrected chi connectivity index (χ0v) is 12.8. The SMILES string of the molecule is Cn1cncc1-c1cc2nccc(Nc3ccccc3)c2s1. The Morgan fingerprint density at radius 3 is 2.77 bits per heavy atom. The van der Waals surface area contributed by atoms with Crippen LogP contribution in [0.1, 0.15) is 0 Å². The van der Waals surface area contributed by atoms with Gasteiger partial charge in [0.15, 0.2) is 0 Å². The van der Waals surface area contributed by atoms with E-state index in [1.165, 1.54) is 4.88 Å². The molecule has 0 fully saturated rings. The summed E-state index contributed by atoms with van der Waals surface area (Å²) in [4.78, 5) is 9.85. The molecule has 0 aliphatic rings. The molecule has 3 heterocycles. The molecule has 0 saturated heterocycles. The van der Waals surface area contributed by atoms with Crippen LogP contribution in [0, 0.1) is 0 Å². The Labute approximate surface area is 132 Å². The van der Waals surface area contributed by atoms with E-state index >= 15 is 0 Å². The smallest absolute Gasteiger partial charge is 0.0948 e. The average molecular weight is 306 g/mol. The van der Waals surface area contributed by atoms with Gasteiger partial charge < -0.3 is 9.88 Å². The number of aromatic nitrogens is 3. The average Bonchev–Trinajstić information content (AvgIpc) is 3.14. The summed E-state index contributed by atoms with van der Waals surface area (Å²) < 4.78 is 3.18. The summed E-state index contributed by atoms with van der Waals surface area (Å²) >= 11 is 1.73. The second kappa shape index (κ2) is 5.27. The number of hydrogen-bond acceptors (Lipinski definition) is 4. The van der Waals surface area contributed by atoms with Crippen molar-refractivity contribution in [3.63, 3.8) is 0 Å². The number of pyridine rings is 1. The van der Waals surface area contributed by atoms with Gasteiger partial charge in [-0.3, -0.25) is 4.98 Å². The first-order valence-corrected chi connectivity index (χ1v) is 7.80. The fraction of sp³-hybridized carbons (Fsp3) is 0.0588. The van der Waals surface area contributed by atoms with Crippen LogP contribution in [0.25, 0.3) is 20.8 Å². The van der Waals surface area contributed by atoms with E-state index in [4.69, 9.17) is 0 Å². The van der Waals surface area contributed by atoms with Crippen LogP contribution in [-0.4, -0.2) is 14.5 Å². The summed E-state index contributed by atoms with van der Waals surface area (Å²) in [5, 5.41) is 3.47. The predicted octanol–water partition coefficient (Wildman–Crippen LogP) is 4.44. The van der Waals surface area contributed by atoms with Crippen molar-refractivity contribution < 1.29 is 0 Å². The lowest BCUT2D eigenvalue weighted by Gasteiger charge is -2.06. The van der Waals surface area contributed by atoms with Crippen molar-refractivity contribution in [2.75, 3.05) is 5.32 Å². The highest BCUT2D eigenvalue weighted by Gasteiger charge is 2.11. The van der Waals surface area contributed by atoms with Crippen molar-refractivity contribution in [1.29, 1.82) is 0 Å². The molecule has 0 aliphatic carbocycles. The summed E-state index contributed by atoms with van der Waals surface area (Å²) in [6, 6.07) is 14.3. The Kier molecular flexibility index (Phi) is 3.12. The third kappa shape index (κ3) is 2.25. The number of para-hydroxylation sites is 1. The number of nitrogens with one attached hydrogen (secondary N) is 1. The van der Waals surface area contributed by atoms with Crippen molar-refractivity contribution in [2.45, 2.75) is 0 Å². The topological polar surface area (TPSA) is 42.7 Å². The maximum atomic E-state index is 4.48. The standard InChI is InChI=1S/C17H14N4S/c1-21-11-18-10-15(21)16-9-14-17(22-16)13(7-8-19-14)20-12-5-3-2-4-6-12/h2-11H,1H3,(H,19,20). The molecule has 3 aromatic heterocycles. The highest BCUT2D eigenvalue weighted by Crippen LogP contribution is 2.37. The van der Waals surface area contributed by atoms with Crippen molar-refractivity contribution >= 4 is 32.9 Å². The first-order chi connectivity index (χ1) is 10.8. The molecule has 4 nitrogen and oxygen atoms in total. The second-order valence-corrected chi connectivity index (χ2v) is 6.12. The van der Waals surface area contributed by atoms with Crippen molar-refractivity contribution in [3.8, 4) is 10.6 Å². The van der Waals surface area contributed by atoms with Gasteiger partial charge in [-0.15, -0.1) is 11.3 Å². The van der Waals surface area contributed by atoms with Crippen LogP contribution < -0.4 is 5.32 Å². The highest BCUT2D eigenvalue weighted by atomic mass is 32.1. The molecule has 108 valence electrons. The molecule has 0 radical (unpaired) electrons. The number of imidazole rings is 1. The molecule has 4 rings (SSSR count). The lowest BCUT2D eigenvalue weighted by atomic mass is 10.3. The van der Waals surface area contributed by atoms with E-state index in [1.807, 2.05) is 54.6 Å². The summed E-state index contributed by atoms with van der Waals surface area (Å²) in [6.07, 6.45) is 5.54. The molecule has 0 bridgehead atoms. The van der Waals surface area contributed by atoms with Crippen molar-refractivity contribution in [3.05, 3.63) is 61.2 Å². The zero-order valence-electron chi connectivity index (χ0n) is 12.0. The van der Waals surface area contributed by atoms with Gasteiger partial charge in [0.1, 0.15) is 0 Å². The number of thiophene rings is 1. The lowest BCUT2D eigenvalue weighted by Crippen LogP contribution is -1.90. The quantitative estimate of drug-likeness (QED) is 0.608. The molecule has 4 aromatic rings. The first kappa shape index (κ1) is 13.0. The molecule has 0 aliphatic heterocycles. The van der Waals surface area contributed by atoms with Crippen LogP contribution in [0.15, 0.2) is 61.2 Å². The minimum atomic E-state index is 1.00. The van der Waals surface area contributed by atoms with Crippen LogP contribution >= 0.6 is 11.3 Å².